The van der Waals surface area contributed by atoms with Crippen molar-refractivity contribution in [2.45, 2.75) is 83.4 Å². The van der Waals surface area contributed by atoms with Gasteiger partial charge in [-0.2, -0.15) is 0 Å². The first-order valence-electron chi connectivity index (χ1n) is 8.47. The predicted molar refractivity (Wildman–Crippen MR) is 84.9 cm³/mol. The van der Waals surface area contributed by atoms with E-state index in [0.29, 0.717) is 17.6 Å². The van der Waals surface area contributed by atoms with E-state index in [1.54, 1.807) is 0 Å². The lowest BCUT2D eigenvalue weighted by atomic mass is 9.73. The molecule has 3 heteroatoms. The van der Waals surface area contributed by atoms with E-state index in [4.69, 9.17) is 10.5 Å². The van der Waals surface area contributed by atoms with Crippen LogP contribution in [0.4, 0.5) is 0 Å². The lowest BCUT2D eigenvalue weighted by Crippen LogP contribution is -2.60. The van der Waals surface area contributed by atoms with Gasteiger partial charge in [-0.15, -0.1) is 0 Å². The Bertz CT molecular complexity index is 308. The summed E-state index contributed by atoms with van der Waals surface area (Å²) >= 11 is 0. The average Bonchev–Trinajstić information content (AvgIpc) is 2.46. The summed E-state index contributed by atoms with van der Waals surface area (Å²) in [7, 11) is 2.31. The fourth-order valence-electron chi connectivity index (χ4n) is 4.07. The van der Waals surface area contributed by atoms with Crippen LogP contribution in [0.2, 0.25) is 0 Å². The van der Waals surface area contributed by atoms with Crippen LogP contribution in [0.1, 0.15) is 65.7 Å². The summed E-state index contributed by atoms with van der Waals surface area (Å²) in [6.45, 7) is 8.68. The van der Waals surface area contributed by atoms with Gasteiger partial charge in [0.25, 0.3) is 0 Å². The molecule has 2 aliphatic rings. The third kappa shape index (κ3) is 3.37. The summed E-state index contributed by atoms with van der Waals surface area (Å²) in [5.41, 5.74) is 6.93. The second-order valence-electron chi connectivity index (χ2n) is 7.79. The van der Waals surface area contributed by atoms with Crippen molar-refractivity contribution in [3.63, 3.8) is 0 Å². The molecule has 2 N–H and O–H groups in total. The molecule has 0 radical (unpaired) electrons. The van der Waals surface area contributed by atoms with Crippen LogP contribution in [-0.4, -0.2) is 42.8 Å². The molecule has 118 valence electrons. The van der Waals surface area contributed by atoms with Gasteiger partial charge >= 0.3 is 0 Å². The number of nitrogens with zero attached hydrogens (tertiary/aromatic N) is 1. The van der Waals surface area contributed by atoms with Gasteiger partial charge in [-0.3, -0.25) is 4.90 Å². The van der Waals surface area contributed by atoms with Crippen molar-refractivity contribution in [1.29, 1.82) is 0 Å². The van der Waals surface area contributed by atoms with Gasteiger partial charge in [0.1, 0.15) is 0 Å². The second-order valence-corrected chi connectivity index (χ2v) is 7.79. The number of ether oxygens (including phenoxy) is 1. The smallest absolute Gasteiger partial charge is 0.0590 e. The van der Waals surface area contributed by atoms with Crippen molar-refractivity contribution in [2.75, 3.05) is 20.2 Å². The monoisotopic (exact) mass is 282 g/mol. The molecule has 0 spiro atoms. The van der Waals surface area contributed by atoms with Crippen molar-refractivity contribution < 1.29 is 4.74 Å². The van der Waals surface area contributed by atoms with E-state index < -0.39 is 0 Å². The number of rotatable bonds is 4. The largest absolute Gasteiger partial charge is 0.378 e. The van der Waals surface area contributed by atoms with Gasteiger partial charge in [-0.25, -0.2) is 0 Å². The first-order valence-corrected chi connectivity index (χ1v) is 8.47. The Morgan fingerprint density at radius 1 is 1.20 bits per heavy atom. The number of likely N-dealkylation sites (N-methyl/N-ethyl adjacent to an activating group) is 1. The Morgan fingerprint density at radius 2 is 1.85 bits per heavy atom. The number of hydrogen-bond donors (Lipinski definition) is 1. The molecule has 1 aliphatic heterocycles. The molecular weight excluding hydrogens is 248 g/mol. The molecule has 3 nitrogen and oxygen atoms in total. The third-order valence-electron chi connectivity index (χ3n) is 5.97. The highest BCUT2D eigenvalue weighted by Gasteiger charge is 2.42. The zero-order valence-electron chi connectivity index (χ0n) is 14.0. The maximum atomic E-state index is 6.22. The minimum absolute atomic E-state index is 0.172. The molecule has 0 aromatic rings. The molecule has 0 bridgehead atoms. The van der Waals surface area contributed by atoms with Gasteiger partial charge in [0, 0.05) is 24.7 Å². The van der Waals surface area contributed by atoms with Crippen molar-refractivity contribution in [1.82, 2.24) is 4.90 Å². The third-order valence-corrected chi connectivity index (χ3v) is 5.97. The van der Waals surface area contributed by atoms with Crippen LogP contribution in [0.25, 0.3) is 0 Å². The lowest BCUT2D eigenvalue weighted by molar-refractivity contribution is -0.0826. The molecule has 2 fully saturated rings. The molecule has 2 unspecified atom stereocenters. The highest BCUT2D eigenvalue weighted by atomic mass is 16.5. The van der Waals surface area contributed by atoms with Crippen LogP contribution in [0.3, 0.4) is 0 Å². The summed E-state index contributed by atoms with van der Waals surface area (Å²) < 4.78 is 5.87. The van der Waals surface area contributed by atoms with Crippen molar-refractivity contribution >= 4 is 0 Å². The quantitative estimate of drug-likeness (QED) is 0.860. The van der Waals surface area contributed by atoms with E-state index in [9.17, 15) is 0 Å². The fourth-order valence-corrected chi connectivity index (χ4v) is 4.07. The summed E-state index contributed by atoms with van der Waals surface area (Å²) in [4.78, 5) is 2.63. The molecular formula is C17H34N2O. The highest BCUT2D eigenvalue weighted by Crippen LogP contribution is 2.40. The predicted octanol–water partition coefficient (Wildman–Crippen LogP) is 3.17. The van der Waals surface area contributed by atoms with E-state index in [2.05, 4.69) is 32.7 Å². The van der Waals surface area contributed by atoms with Crippen LogP contribution in [-0.2, 0) is 4.74 Å². The molecule has 2 rings (SSSR count). The molecule has 0 aromatic heterocycles. The SMILES string of the molecule is CCC1CC(CN)(N(C)C2CCC(C)(C)CC2)CCO1. The lowest BCUT2D eigenvalue weighted by Gasteiger charge is -2.51. The Hall–Kier alpha value is -0.120. The number of hydrogen-bond acceptors (Lipinski definition) is 3. The minimum atomic E-state index is 0.172. The number of nitrogens with two attached hydrogens (primary N) is 1. The van der Waals surface area contributed by atoms with E-state index in [1.807, 2.05) is 0 Å². The Morgan fingerprint density at radius 3 is 2.40 bits per heavy atom. The molecule has 1 aliphatic carbocycles. The molecule has 20 heavy (non-hydrogen) atoms. The maximum absolute atomic E-state index is 6.22. The van der Waals surface area contributed by atoms with Crippen molar-refractivity contribution in [3.8, 4) is 0 Å². The highest BCUT2D eigenvalue weighted by molar-refractivity contribution is 4.98. The molecule has 0 amide bonds. The maximum Gasteiger partial charge on any atom is 0.0590 e. The van der Waals surface area contributed by atoms with E-state index >= 15 is 0 Å². The molecule has 1 saturated carbocycles. The Labute approximate surface area is 125 Å². The fraction of sp³-hybridized carbons (Fsp3) is 1.00. The summed E-state index contributed by atoms with van der Waals surface area (Å²) in [6.07, 6.45) is 9.04. The van der Waals surface area contributed by atoms with Gasteiger partial charge in [0.05, 0.1) is 6.10 Å². The van der Waals surface area contributed by atoms with Crippen molar-refractivity contribution in [2.24, 2.45) is 11.1 Å². The van der Waals surface area contributed by atoms with Crippen LogP contribution >= 0.6 is 0 Å². The van der Waals surface area contributed by atoms with Crippen LogP contribution in [0, 0.1) is 5.41 Å². The summed E-state index contributed by atoms with van der Waals surface area (Å²) in [5.74, 6) is 0. The normalized spacial score (nSPS) is 35.4. The molecule has 1 saturated heterocycles. The average molecular weight is 282 g/mol. The Kier molecular flexibility index (Phi) is 5.14. The summed E-state index contributed by atoms with van der Waals surface area (Å²) in [5, 5.41) is 0. The Balaban J connectivity index is 2.03. The van der Waals surface area contributed by atoms with Gasteiger partial charge < -0.3 is 10.5 Å². The topological polar surface area (TPSA) is 38.5 Å². The van der Waals surface area contributed by atoms with Gasteiger partial charge in [0.15, 0.2) is 0 Å². The molecule has 1 heterocycles. The van der Waals surface area contributed by atoms with Gasteiger partial charge in [0.2, 0.25) is 0 Å². The van der Waals surface area contributed by atoms with Gasteiger partial charge in [-0.1, -0.05) is 20.8 Å². The minimum Gasteiger partial charge on any atom is -0.378 e. The summed E-state index contributed by atoms with van der Waals surface area (Å²) in [6, 6.07) is 0.710. The van der Waals surface area contributed by atoms with Gasteiger partial charge in [-0.05, 0) is 57.4 Å². The van der Waals surface area contributed by atoms with Crippen LogP contribution < -0.4 is 5.73 Å². The van der Waals surface area contributed by atoms with Crippen LogP contribution in [0.5, 0.6) is 0 Å². The standard InChI is InChI=1S/C17H34N2O/c1-5-15-12-17(13-18,10-11-20-15)19(4)14-6-8-16(2,3)9-7-14/h14-15H,5-13,18H2,1-4H3. The van der Waals surface area contributed by atoms with Crippen molar-refractivity contribution in [3.05, 3.63) is 0 Å². The zero-order valence-corrected chi connectivity index (χ0v) is 14.0. The van der Waals surface area contributed by atoms with Crippen LogP contribution in [0.15, 0.2) is 0 Å². The molecule has 2 atom stereocenters. The first-order chi connectivity index (χ1) is 9.42. The second kappa shape index (κ2) is 6.33. The molecule has 0 aromatic carbocycles. The first kappa shape index (κ1) is 16.3. The van der Waals surface area contributed by atoms with E-state index in [0.717, 1.165) is 32.4 Å². The zero-order chi connectivity index (χ0) is 14.8. The van der Waals surface area contributed by atoms with E-state index in [-0.39, 0.29) is 5.54 Å². The van der Waals surface area contributed by atoms with E-state index in [1.165, 1.54) is 25.7 Å².